The van der Waals surface area contributed by atoms with E-state index >= 15 is 0 Å². The second-order valence-electron chi connectivity index (χ2n) is 5.73. The Labute approximate surface area is 107 Å². The van der Waals surface area contributed by atoms with Gasteiger partial charge in [0.25, 0.3) is 0 Å². The fourth-order valence-corrected chi connectivity index (χ4v) is 2.89. The molecule has 1 N–H and O–H groups in total. The standard InChI is InChI=1S/C15H20FNO/c16-14-9-13(3-4-15(14)18)12-5-7-17(8-6-12)10-11-1-2-11/h3-4,9,11-12,18H,1-2,5-8,10H2. The number of nitrogens with zero attached hydrogens (tertiary/aromatic N) is 1. The molecule has 18 heavy (non-hydrogen) atoms. The zero-order valence-electron chi connectivity index (χ0n) is 10.6. The van der Waals surface area contributed by atoms with Gasteiger partial charge >= 0.3 is 0 Å². The minimum absolute atomic E-state index is 0.245. The molecule has 0 unspecified atom stereocenters. The summed E-state index contributed by atoms with van der Waals surface area (Å²) in [4.78, 5) is 2.55. The van der Waals surface area contributed by atoms with E-state index in [1.54, 1.807) is 0 Å². The number of phenols is 1. The van der Waals surface area contributed by atoms with E-state index in [4.69, 9.17) is 0 Å². The van der Waals surface area contributed by atoms with E-state index in [2.05, 4.69) is 4.90 Å². The minimum Gasteiger partial charge on any atom is -0.505 e. The van der Waals surface area contributed by atoms with Crippen LogP contribution in [0.3, 0.4) is 0 Å². The van der Waals surface area contributed by atoms with Gasteiger partial charge in [0, 0.05) is 6.54 Å². The zero-order chi connectivity index (χ0) is 12.5. The van der Waals surface area contributed by atoms with Crippen LogP contribution in [0.4, 0.5) is 4.39 Å². The van der Waals surface area contributed by atoms with E-state index in [1.165, 1.54) is 31.5 Å². The van der Waals surface area contributed by atoms with Gasteiger partial charge in [-0.05, 0) is 68.3 Å². The molecule has 0 atom stereocenters. The highest BCUT2D eigenvalue weighted by molar-refractivity contribution is 5.30. The second-order valence-corrected chi connectivity index (χ2v) is 5.73. The maximum atomic E-state index is 13.3. The van der Waals surface area contributed by atoms with Crippen LogP contribution in [-0.4, -0.2) is 29.6 Å². The number of halogens is 1. The molecule has 1 aromatic carbocycles. The Bertz CT molecular complexity index is 423. The van der Waals surface area contributed by atoms with Crippen molar-refractivity contribution in [1.29, 1.82) is 0 Å². The van der Waals surface area contributed by atoms with Crippen LogP contribution in [-0.2, 0) is 0 Å². The highest BCUT2D eigenvalue weighted by atomic mass is 19.1. The van der Waals surface area contributed by atoms with Gasteiger partial charge in [-0.25, -0.2) is 4.39 Å². The third-order valence-corrected chi connectivity index (χ3v) is 4.24. The largest absolute Gasteiger partial charge is 0.505 e. The molecule has 0 spiro atoms. The number of phenolic OH excluding ortho intramolecular Hbond substituents is 1. The molecule has 1 saturated carbocycles. The van der Waals surface area contributed by atoms with Gasteiger partial charge in [0.2, 0.25) is 0 Å². The smallest absolute Gasteiger partial charge is 0.165 e. The van der Waals surface area contributed by atoms with Crippen molar-refractivity contribution in [2.24, 2.45) is 5.92 Å². The molecule has 1 aromatic rings. The Morgan fingerprint density at radius 3 is 2.50 bits per heavy atom. The first-order chi connectivity index (χ1) is 8.72. The number of likely N-dealkylation sites (tertiary alicyclic amines) is 1. The lowest BCUT2D eigenvalue weighted by molar-refractivity contribution is 0.204. The van der Waals surface area contributed by atoms with Crippen molar-refractivity contribution >= 4 is 0 Å². The molecule has 3 rings (SSSR count). The summed E-state index contributed by atoms with van der Waals surface area (Å²) in [6, 6.07) is 4.83. The summed E-state index contributed by atoms with van der Waals surface area (Å²) in [5.74, 6) is 0.668. The molecule has 1 aliphatic carbocycles. The minimum atomic E-state index is -0.493. The van der Waals surface area contributed by atoms with E-state index < -0.39 is 5.82 Å². The van der Waals surface area contributed by atoms with Gasteiger partial charge in [0.05, 0.1) is 0 Å². The van der Waals surface area contributed by atoms with Crippen LogP contribution in [0.2, 0.25) is 0 Å². The van der Waals surface area contributed by atoms with Crippen LogP contribution < -0.4 is 0 Å². The van der Waals surface area contributed by atoms with E-state index in [-0.39, 0.29) is 5.75 Å². The topological polar surface area (TPSA) is 23.5 Å². The van der Waals surface area contributed by atoms with Crippen molar-refractivity contribution in [2.45, 2.75) is 31.6 Å². The molecule has 0 aromatic heterocycles. The number of benzene rings is 1. The maximum absolute atomic E-state index is 13.3. The van der Waals surface area contributed by atoms with Gasteiger partial charge in [-0.2, -0.15) is 0 Å². The predicted octanol–water partition coefficient (Wildman–Crippen LogP) is 3.12. The van der Waals surface area contributed by atoms with Crippen LogP contribution in [0.25, 0.3) is 0 Å². The summed E-state index contributed by atoms with van der Waals surface area (Å²) >= 11 is 0. The fraction of sp³-hybridized carbons (Fsp3) is 0.600. The Morgan fingerprint density at radius 2 is 1.89 bits per heavy atom. The molecule has 2 nitrogen and oxygen atoms in total. The van der Waals surface area contributed by atoms with Crippen LogP contribution in [0, 0.1) is 11.7 Å². The van der Waals surface area contributed by atoms with Crippen LogP contribution >= 0.6 is 0 Å². The molecule has 3 heteroatoms. The Hall–Kier alpha value is -1.09. The lowest BCUT2D eigenvalue weighted by Gasteiger charge is -2.32. The second kappa shape index (κ2) is 4.88. The molecule has 2 fully saturated rings. The van der Waals surface area contributed by atoms with Gasteiger partial charge in [0.1, 0.15) is 0 Å². The molecule has 0 amide bonds. The molecule has 2 aliphatic rings. The number of hydrogen-bond acceptors (Lipinski definition) is 2. The Kier molecular flexibility index (Phi) is 3.25. The lowest BCUT2D eigenvalue weighted by Crippen LogP contribution is -2.34. The quantitative estimate of drug-likeness (QED) is 0.889. The average molecular weight is 249 g/mol. The van der Waals surface area contributed by atoms with Crippen molar-refractivity contribution < 1.29 is 9.50 Å². The molecule has 0 radical (unpaired) electrons. The lowest BCUT2D eigenvalue weighted by atomic mass is 9.89. The molecule has 1 heterocycles. The number of aromatic hydroxyl groups is 1. The van der Waals surface area contributed by atoms with Crippen molar-refractivity contribution in [3.05, 3.63) is 29.6 Å². The van der Waals surface area contributed by atoms with E-state index in [0.29, 0.717) is 5.92 Å². The molecular weight excluding hydrogens is 229 g/mol. The fourth-order valence-electron chi connectivity index (χ4n) is 2.89. The van der Waals surface area contributed by atoms with E-state index in [0.717, 1.165) is 37.4 Å². The van der Waals surface area contributed by atoms with Crippen molar-refractivity contribution in [2.75, 3.05) is 19.6 Å². The summed E-state index contributed by atoms with van der Waals surface area (Å²) in [5.41, 5.74) is 1.04. The summed E-state index contributed by atoms with van der Waals surface area (Å²) in [7, 11) is 0. The normalized spacial score (nSPS) is 22.3. The van der Waals surface area contributed by atoms with Gasteiger partial charge < -0.3 is 10.0 Å². The van der Waals surface area contributed by atoms with Crippen molar-refractivity contribution in [3.8, 4) is 5.75 Å². The monoisotopic (exact) mass is 249 g/mol. The van der Waals surface area contributed by atoms with Crippen molar-refractivity contribution in [1.82, 2.24) is 4.90 Å². The number of hydrogen-bond donors (Lipinski definition) is 1. The zero-order valence-corrected chi connectivity index (χ0v) is 10.6. The van der Waals surface area contributed by atoms with Gasteiger partial charge in [-0.3, -0.25) is 0 Å². The average Bonchev–Trinajstić information content (AvgIpc) is 3.18. The molecule has 98 valence electrons. The molecular formula is C15H20FNO. The third-order valence-electron chi connectivity index (χ3n) is 4.24. The summed E-state index contributed by atoms with van der Waals surface area (Å²) in [6.07, 6.45) is 5.03. The third kappa shape index (κ3) is 2.66. The van der Waals surface area contributed by atoms with Crippen LogP contribution in [0.1, 0.15) is 37.2 Å². The number of rotatable bonds is 3. The van der Waals surface area contributed by atoms with Crippen molar-refractivity contribution in [3.63, 3.8) is 0 Å². The highest BCUT2D eigenvalue weighted by Crippen LogP contribution is 2.34. The predicted molar refractivity (Wildman–Crippen MR) is 69.2 cm³/mol. The van der Waals surface area contributed by atoms with Gasteiger partial charge in [0.15, 0.2) is 11.6 Å². The van der Waals surface area contributed by atoms with Gasteiger partial charge in [-0.1, -0.05) is 6.07 Å². The summed E-state index contributed by atoms with van der Waals surface area (Å²) < 4.78 is 13.3. The summed E-state index contributed by atoms with van der Waals surface area (Å²) in [6.45, 7) is 3.52. The van der Waals surface area contributed by atoms with Crippen LogP contribution in [0.5, 0.6) is 5.75 Å². The summed E-state index contributed by atoms with van der Waals surface area (Å²) in [5, 5.41) is 9.21. The maximum Gasteiger partial charge on any atom is 0.165 e. The van der Waals surface area contributed by atoms with E-state index in [9.17, 15) is 9.50 Å². The van der Waals surface area contributed by atoms with Gasteiger partial charge in [-0.15, -0.1) is 0 Å². The SMILES string of the molecule is Oc1ccc(C2CCN(CC3CC3)CC2)cc1F. The number of piperidine rings is 1. The first-order valence-electron chi connectivity index (χ1n) is 6.93. The Balaban J connectivity index is 1.59. The van der Waals surface area contributed by atoms with E-state index in [1.807, 2.05) is 6.07 Å². The molecule has 1 saturated heterocycles. The first kappa shape index (κ1) is 12.0. The van der Waals surface area contributed by atoms with Crippen LogP contribution in [0.15, 0.2) is 18.2 Å². The Morgan fingerprint density at radius 1 is 1.17 bits per heavy atom. The molecule has 1 aliphatic heterocycles. The first-order valence-corrected chi connectivity index (χ1v) is 6.93. The molecule has 0 bridgehead atoms. The highest BCUT2D eigenvalue weighted by Gasteiger charge is 2.27.